The van der Waals surface area contributed by atoms with E-state index in [1.807, 2.05) is 13.0 Å². The van der Waals surface area contributed by atoms with Crippen LogP contribution in [0.5, 0.6) is 11.5 Å². The SMILES string of the molecule is COc1cc(OC)c2nc(C(=O)NO)cc(C)c2c1. The number of fused-ring (bicyclic) bond motifs is 1. The highest BCUT2D eigenvalue weighted by Crippen LogP contribution is 2.31. The van der Waals surface area contributed by atoms with Crippen molar-refractivity contribution in [1.29, 1.82) is 0 Å². The molecule has 19 heavy (non-hydrogen) atoms. The van der Waals surface area contributed by atoms with E-state index in [2.05, 4.69) is 4.98 Å². The van der Waals surface area contributed by atoms with Crippen LogP contribution in [0.2, 0.25) is 0 Å². The van der Waals surface area contributed by atoms with Crippen LogP contribution < -0.4 is 15.0 Å². The summed E-state index contributed by atoms with van der Waals surface area (Å²) in [5, 5.41) is 9.49. The Morgan fingerprint density at radius 1 is 1.26 bits per heavy atom. The van der Waals surface area contributed by atoms with Crippen molar-refractivity contribution in [2.75, 3.05) is 14.2 Å². The Bertz CT molecular complexity index is 640. The molecule has 0 fully saturated rings. The number of hydrogen-bond donors (Lipinski definition) is 2. The first-order valence-electron chi connectivity index (χ1n) is 5.58. The van der Waals surface area contributed by atoms with Gasteiger partial charge in [0, 0.05) is 11.5 Å². The van der Waals surface area contributed by atoms with Gasteiger partial charge in [0.2, 0.25) is 0 Å². The number of hydroxylamine groups is 1. The van der Waals surface area contributed by atoms with Crippen molar-refractivity contribution in [3.8, 4) is 11.5 Å². The Labute approximate surface area is 109 Å². The number of benzene rings is 1. The maximum atomic E-state index is 11.4. The molecule has 1 heterocycles. The fourth-order valence-corrected chi connectivity index (χ4v) is 1.88. The number of carbonyl (C=O) groups excluding carboxylic acids is 1. The summed E-state index contributed by atoms with van der Waals surface area (Å²) in [5.41, 5.74) is 3.07. The second-order valence-electron chi connectivity index (χ2n) is 3.99. The van der Waals surface area contributed by atoms with E-state index in [0.29, 0.717) is 17.0 Å². The van der Waals surface area contributed by atoms with Crippen molar-refractivity contribution >= 4 is 16.8 Å². The van der Waals surface area contributed by atoms with Crippen LogP contribution in [-0.4, -0.2) is 30.3 Å². The first-order valence-corrected chi connectivity index (χ1v) is 5.58. The number of nitrogens with zero attached hydrogens (tertiary/aromatic N) is 1. The minimum absolute atomic E-state index is 0.121. The predicted molar refractivity (Wildman–Crippen MR) is 68.8 cm³/mol. The first-order chi connectivity index (χ1) is 9.10. The normalized spacial score (nSPS) is 10.3. The minimum atomic E-state index is -0.664. The number of ether oxygens (including phenoxy) is 2. The van der Waals surface area contributed by atoms with Crippen LogP contribution in [0.3, 0.4) is 0 Å². The number of pyridine rings is 1. The molecule has 0 radical (unpaired) electrons. The van der Waals surface area contributed by atoms with Crippen LogP contribution >= 0.6 is 0 Å². The van der Waals surface area contributed by atoms with Gasteiger partial charge in [-0.25, -0.2) is 10.5 Å². The largest absolute Gasteiger partial charge is 0.497 e. The standard InChI is InChI=1S/C13H14N2O4/c1-7-4-10(13(16)15-17)14-12-9(7)5-8(18-2)6-11(12)19-3/h4-6,17H,1-3H3,(H,15,16). The topological polar surface area (TPSA) is 80.7 Å². The molecule has 0 saturated heterocycles. The fraction of sp³-hybridized carbons (Fsp3) is 0.231. The zero-order valence-corrected chi connectivity index (χ0v) is 10.9. The lowest BCUT2D eigenvalue weighted by molar-refractivity contribution is 0.0701. The lowest BCUT2D eigenvalue weighted by Crippen LogP contribution is -2.20. The van der Waals surface area contributed by atoms with Crippen molar-refractivity contribution in [2.45, 2.75) is 6.92 Å². The molecule has 100 valence electrons. The molecule has 1 amide bonds. The number of carbonyl (C=O) groups is 1. The van der Waals surface area contributed by atoms with Crippen LogP contribution in [0, 0.1) is 6.92 Å². The van der Waals surface area contributed by atoms with Crippen LogP contribution in [0.4, 0.5) is 0 Å². The second kappa shape index (κ2) is 5.11. The molecule has 0 saturated carbocycles. The third-order valence-corrected chi connectivity index (χ3v) is 2.85. The van der Waals surface area contributed by atoms with Gasteiger partial charge in [-0.05, 0) is 24.6 Å². The molecule has 2 N–H and O–H groups in total. The Hall–Kier alpha value is -2.34. The summed E-state index contributed by atoms with van der Waals surface area (Å²) < 4.78 is 10.4. The lowest BCUT2D eigenvalue weighted by Gasteiger charge is -2.11. The molecule has 0 aliphatic carbocycles. The average molecular weight is 262 g/mol. The summed E-state index contributed by atoms with van der Waals surface area (Å²) in [6, 6.07) is 5.10. The van der Waals surface area contributed by atoms with Crippen LogP contribution in [0.25, 0.3) is 10.9 Å². The molecule has 0 aliphatic rings. The van der Waals surface area contributed by atoms with Gasteiger partial charge >= 0.3 is 0 Å². The number of aryl methyl sites for hydroxylation is 1. The van der Waals surface area contributed by atoms with Gasteiger partial charge in [-0.15, -0.1) is 0 Å². The molecule has 2 aromatic rings. The first kappa shape index (κ1) is 13.1. The monoisotopic (exact) mass is 262 g/mol. The summed E-state index contributed by atoms with van der Waals surface area (Å²) in [5.74, 6) is 0.488. The molecule has 0 atom stereocenters. The van der Waals surface area contributed by atoms with Gasteiger partial charge in [-0.3, -0.25) is 10.0 Å². The number of hydrogen-bond acceptors (Lipinski definition) is 5. The van der Waals surface area contributed by atoms with E-state index < -0.39 is 5.91 Å². The summed E-state index contributed by atoms with van der Waals surface area (Å²) >= 11 is 0. The number of rotatable bonds is 3. The van der Waals surface area contributed by atoms with Gasteiger partial charge in [0.1, 0.15) is 22.7 Å². The maximum absolute atomic E-state index is 11.4. The molecular weight excluding hydrogens is 248 g/mol. The molecule has 1 aromatic heterocycles. The number of nitrogens with one attached hydrogen (secondary N) is 1. The van der Waals surface area contributed by atoms with Crippen molar-refractivity contribution in [2.24, 2.45) is 0 Å². The van der Waals surface area contributed by atoms with E-state index >= 15 is 0 Å². The quantitative estimate of drug-likeness (QED) is 0.649. The molecule has 0 unspecified atom stereocenters. The van der Waals surface area contributed by atoms with Crippen molar-refractivity contribution < 1.29 is 19.5 Å². The van der Waals surface area contributed by atoms with Crippen molar-refractivity contribution in [3.05, 3.63) is 29.5 Å². The van der Waals surface area contributed by atoms with Crippen LogP contribution in [-0.2, 0) is 0 Å². The van der Waals surface area contributed by atoms with Crippen LogP contribution in [0.1, 0.15) is 16.1 Å². The number of amides is 1. The molecule has 0 bridgehead atoms. The average Bonchev–Trinajstić information content (AvgIpc) is 2.45. The van der Waals surface area contributed by atoms with Crippen molar-refractivity contribution in [3.63, 3.8) is 0 Å². The number of methoxy groups -OCH3 is 2. The Morgan fingerprint density at radius 2 is 2.00 bits per heavy atom. The number of aromatic nitrogens is 1. The summed E-state index contributed by atoms with van der Waals surface area (Å²) in [6.07, 6.45) is 0. The molecule has 6 nitrogen and oxygen atoms in total. The zero-order valence-electron chi connectivity index (χ0n) is 10.9. The Morgan fingerprint density at radius 3 is 2.58 bits per heavy atom. The predicted octanol–water partition coefficient (Wildman–Crippen LogP) is 1.68. The molecule has 1 aromatic carbocycles. The molecule has 0 spiro atoms. The lowest BCUT2D eigenvalue weighted by atomic mass is 10.1. The highest BCUT2D eigenvalue weighted by Gasteiger charge is 2.14. The highest BCUT2D eigenvalue weighted by molar-refractivity contribution is 5.97. The van der Waals surface area contributed by atoms with E-state index in [0.717, 1.165) is 10.9 Å². The molecule has 2 rings (SSSR count). The van der Waals surface area contributed by atoms with E-state index in [9.17, 15) is 4.79 Å². The van der Waals surface area contributed by atoms with E-state index in [-0.39, 0.29) is 5.69 Å². The second-order valence-corrected chi connectivity index (χ2v) is 3.99. The zero-order chi connectivity index (χ0) is 14.0. The van der Waals surface area contributed by atoms with Gasteiger partial charge in [0.15, 0.2) is 0 Å². The summed E-state index contributed by atoms with van der Waals surface area (Å²) in [4.78, 5) is 15.6. The molecule has 6 heteroatoms. The maximum Gasteiger partial charge on any atom is 0.293 e. The Balaban J connectivity index is 2.76. The summed E-state index contributed by atoms with van der Waals surface area (Å²) in [7, 11) is 3.08. The van der Waals surface area contributed by atoms with E-state index in [4.69, 9.17) is 14.7 Å². The Kier molecular flexibility index (Phi) is 3.52. The van der Waals surface area contributed by atoms with Gasteiger partial charge in [0.05, 0.1) is 14.2 Å². The van der Waals surface area contributed by atoms with E-state index in [1.54, 1.807) is 24.7 Å². The third kappa shape index (κ3) is 2.30. The minimum Gasteiger partial charge on any atom is -0.497 e. The fourth-order valence-electron chi connectivity index (χ4n) is 1.88. The van der Waals surface area contributed by atoms with Gasteiger partial charge in [-0.2, -0.15) is 0 Å². The van der Waals surface area contributed by atoms with Gasteiger partial charge < -0.3 is 9.47 Å². The summed E-state index contributed by atoms with van der Waals surface area (Å²) in [6.45, 7) is 1.84. The molecule has 0 aliphatic heterocycles. The van der Waals surface area contributed by atoms with E-state index in [1.165, 1.54) is 7.11 Å². The van der Waals surface area contributed by atoms with Crippen molar-refractivity contribution in [1.82, 2.24) is 10.5 Å². The third-order valence-electron chi connectivity index (χ3n) is 2.85. The highest BCUT2D eigenvalue weighted by atomic mass is 16.5. The molecular formula is C13H14N2O4. The van der Waals surface area contributed by atoms with Gasteiger partial charge in [0.25, 0.3) is 5.91 Å². The van der Waals surface area contributed by atoms with Gasteiger partial charge in [-0.1, -0.05) is 0 Å². The van der Waals surface area contributed by atoms with Crippen LogP contribution in [0.15, 0.2) is 18.2 Å². The smallest absolute Gasteiger partial charge is 0.293 e.